The van der Waals surface area contributed by atoms with Gasteiger partial charge in [-0.1, -0.05) is 68.1 Å². The minimum absolute atomic E-state index is 0.113. The smallest absolute Gasteiger partial charge is 0.255 e. The number of carbonyl (C=O) groups excluding carboxylic acids is 2. The van der Waals surface area contributed by atoms with Crippen LogP contribution in [0.1, 0.15) is 50.3 Å². The molecule has 1 fully saturated rings. The van der Waals surface area contributed by atoms with E-state index in [-0.39, 0.29) is 24.3 Å². The fraction of sp³-hybridized carbons (Fsp3) is 0.367. The zero-order chi connectivity index (χ0) is 26.8. The van der Waals surface area contributed by atoms with Crippen LogP contribution in [0.15, 0.2) is 82.0 Å². The van der Waals surface area contributed by atoms with Crippen LogP contribution < -0.4 is 5.32 Å². The van der Waals surface area contributed by atoms with Gasteiger partial charge in [0.15, 0.2) is 5.17 Å². The normalized spacial score (nSPS) is 19.9. The van der Waals surface area contributed by atoms with Crippen LogP contribution in [0.4, 0.5) is 5.69 Å². The number of anilines is 1. The summed E-state index contributed by atoms with van der Waals surface area (Å²) < 4.78 is 0. The Labute approximate surface area is 229 Å². The van der Waals surface area contributed by atoms with Crippen LogP contribution in [0.3, 0.4) is 0 Å². The lowest BCUT2D eigenvalue weighted by atomic mass is 9.91. The second-order valence-electron chi connectivity index (χ2n) is 10.4. The van der Waals surface area contributed by atoms with Crippen LogP contribution >= 0.6 is 11.8 Å². The summed E-state index contributed by atoms with van der Waals surface area (Å²) in [6.07, 6.45) is 0.281. The van der Waals surface area contributed by atoms with Gasteiger partial charge in [0.05, 0.1) is 23.7 Å². The molecule has 1 atom stereocenters. The monoisotopic (exact) mass is 529 g/mol. The summed E-state index contributed by atoms with van der Waals surface area (Å²) in [6.45, 7) is 9.48. The molecule has 5 rings (SSSR count). The molecule has 1 N–H and O–H groups in total. The number of amides is 2. The molecule has 3 aliphatic rings. The highest BCUT2D eigenvalue weighted by Crippen LogP contribution is 2.45. The van der Waals surface area contributed by atoms with Crippen molar-refractivity contribution in [3.05, 3.63) is 88.1 Å². The molecular weight excluding hydrogens is 494 g/mol. The van der Waals surface area contributed by atoms with Crippen molar-refractivity contribution in [3.63, 3.8) is 0 Å². The number of thioether (sulfide) groups is 1. The first-order valence-electron chi connectivity index (χ1n) is 13.2. The molecule has 1 saturated heterocycles. The van der Waals surface area contributed by atoms with E-state index < -0.39 is 0 Å². The van der Waals surface area contributed by atoms with Gasteiger partial charge in [0, 0.05) is 37.6 Å². The molecule has 3 aliphatic heterocycles. The van der Waals surface area contributed by atoms with Crippen molar-refractivity contribution in [1.29, 1.82) is 0 Å². The van der Waals surface area contributed by atoms with Gasteiger partial charge in [-0.2, -0.15) is 0 Å². The third-order valence-electron chi connectivity index (χ3n) is 7.38. The maximum absolute atomic E-state index is 13.8. The van der Waals surface area contributed by atoms with Crippen LogP contribution in [0.2, 0.25) is 0 Å². The molecule has 0 saturated carbocycles. The Morgan fingerprint density at radius 3 is 2.37 bits per heavy atom. The highest BCUT2D eigenvalue weighted by molar-refractivity contribution is 8.16. The highest BCUT2D eigenvalue weighted by Gasteiger charge is 2.41. The first kappa shape index (κ1) is 26.3. The molecule has 0 radical (unpaired) electrons. The molecule has 38 heavy (non-hydrogen) atoms. The fourth-order valence-electron chi connectivity index (χ4n) is 5.08. The standard InChI is InChI=1S/C30H35N5O2S/c1-20(2)22-10-12-23(13-11-22)28-27(29(37)32-24-8-6-5-7-9-24)21(3)31-30-35(28)25(19-38-30)18-26(36)34-16-14-33(4)15-17-34/h5-13,19-20,28H,14-18H2,1-4H3,(H,32,37). The molecule has 0 bridgehead atoms. The van der Waals surface area contributed by atoms with Gasteiger partial charge in [-0.3, -0.25) is 9.59 Å². The SMILES string of the molecule is CC1=C(C(=O)Nc2ccccc2)C(c2ccc(C(C)C)cc2)N2C(CC(=O)N3CCN(C)CC3)=CSC2=N1. The van der Waals surface area contributed by atoms with E-state index in [1.807, 2.05) is 47.6 Å². The lowest BCUT2D eigenvalue weighted by molar-refractivity contribution is -0.132. The third kappa shape index (κ3) is 5.42. The van der Waals surface area contributed by atoms with Crippen molar-refractivity contribution < 1.29 is 9.59 Å². The van der Waals surface area contributed by atoms with E-state index in [2.05, 4.69) is 60.3 Å². The van der Waals surface area contributed by atoms with E-state index in [1.165, 1.54) is 17.3 Å². The lowest BCUT2D eigenvalue weighted by Crippen LogP contribution is -2.47. The maximum atomic E-state index is 13.8. The molecule has 0 spiro atoms. The van der Waals surface area contributed by atoms with Crippen LogP contribution in [0, 0.1) is 0 Å². The number of para-hydroxylation sites is 1. The van der Waals surface area contributed by atoms with E-state index >= 15 is 0 Å². The number of fused-ring (bicyclic) bond motifs is 1. The molecule has 0 aromatic heterocycles. The van der Waals surface area contributed by atoms with E-state index in [0.717, 1.165) is 48.3 Å². The van der Waals surface area contributed by atoms with Gasteiger partial charge in [0.1, 0.15) is 0 Å². The van der Waals surface area contributed by atoms with E-state index in [0.29, 0.717) is 17.2 Å². The minimum Gasteiger partial charge on any atom is -0.340 e. The Kier molecular flexibility index (Phi) is 7.72. The average Bonchev–Trinajstić information content (AvgIpc) is 3.30. The van der Waals surface area contributed by atoms with Crippen molar-refractivity contribution in [2.75, 3.05) is 38.5 Å². The highest BCUT2D eigenvalue weighted by atomic mass is 32.2. The summed E-state index contributed by atoms with van der Waals surface area (Å²) in [4.78, 5) is 38.2. The fourth-order valence-corrected chi connectivity index (χ4v) is 6.05. The molecular formula is C30H35N5O2S. The predicted octanol–water partition coefficient (Wildman–Crippen LogP) is 5.19. The Bertz CT molecular complexity index is 1290. The summed E-state index contributed by atoms with van der Waals surface area (Å²) >= 11 is 1.52. The summed E-state index contributed by atoms with van der Waals surface area (Å²) in [5, 5.41) is 5.89. The Balaban J connectivity index is 1.48. The van der Waals surface area contributed by atoms with Crippen LogP contribution in [0.5, 0.6) is 0 Å². The lowest BCUT2D eigenvalue weighted by Gasteiger charge is -2.38. The number of hydrogen-bond acceptors (Lipinski definition) is 6. The van der Waals surface area contributed by atoms with E-state index in [4.69, 9.17) is 4.99 Å². The second-order valence-corrected chi connectivity index (χ2v) is 11.2. The summed E-state index contributed by atoms with van der Waals surface area (Å²) in [6, 6.07) is 17.6. The van der Waals surface area contributed by atoms with Gasteiger partial charge in [0.2, 0.25) is 5.91 Å². The molecule has 2 aromatic carbocycles. The number of piperazine rings is 1. The van der Waals surface area contributed by atoms with Crippen molar-refractivity contribution >= 4 is 34.4 Å². The first-order chi connectivity index (χ1) is 18.3. The molecule has 8 heteroatoms. The maximum Gasteiger partial charge on any atom is 0.255 e. The number of nitrogens with one attached hydrogen (secondary N) is 1. The zero-order valence-electron chi connectivity index (χ0n) is 22.5. The Morgan fingerprint density at radius 2 is 1.71 bits per heavy atom. The predicted molar refractivity (Wildman–Crippen MR) is 155 cm³/mol. The summed E-state index contributed by atoms with van der Waals surface area (Å²) in [7, 11) is 2.08. The quantitative estimate of drug-likeness (QED) is 0.558. The number of benzene rings is 2. The summed E-state index contributed by atoms with van der Waals surface area (Å²) in [5.74, 6) is 0.336. The van der Waals surface area contributed by atoms with Crippen LogP contribution in [-0.4, -0.2) is 64.9 Å². The number of rotatable bonds is 6. The van der Waals surface area contributed by atoms with Crippen LogP contribution in [-0.2, 0) is 9.59 Å². The molecule has 2 aromatic rings. The average molecular weight is 530 g/mol. The molecule has 198 valence electrons. The first-order valence-corrected chi connectivity index (χ1v) is 14.1. The van der Waals surface area contributed by atoms with Crippen molar-refractivity contribution in [1.82, 2.24) is 14.7 Å². The van der Waals surface area contributed by atoms with Gasteiger partial charge in [-0.05, 0) is 48.6 Å². The van der Waals surface area contributed by atoms with E-state index in [9.17, 15) is 9.59 Å². The Morgan fingerprint density at radius 1 is 1.03 bits per heavy atom. The molecule has 0 aliphatic carbocycles. The van der Waals surface area contributed by atoms with Crippen LogP contribution in [0.25, 0.3) is 0 Å². The van der Waals surface area contributed by atoms with Crippen molar-refractivity contribution in [2.45, 2.75) is 39.2 Å². The molecule has 2 amide bonds. The second kappa shape index (κ2) is 11.2. The van der Waals surface area contributed by atoms with Gasteiger partial charge in [0.25, 0.3) is 5.91 Å². The Hall–Kier alpha value is -3.36. The largest absolute Gasteiger partial charge is 0.340 e. The molecule has 1 unspecified atom stereocenters. The van der Waals surface area contributed by atoms with Gasteiger partial charge >= 0.3 is 0 Å². The zero-order valence-corrected chi connectivity index (χ0v) is 23.3. The van der Waals surface area contributed by atoms with Crippen molar-refractivity contribution in [3.8, 4) is 0 Å². The molecule has 7 nitrogen and oxygen atoms in total. The van der Waals surface area contributed by atoms with Gasteiger partial charge in [-0.25, -0.2) is 4.99 Å². The number of nitrogens with zero attached hydrogens (tertiary/aromatic N) is 4. The van der Waals surface area contributed by atoms with Gasteiger partial charge in [-0.15, -0.1) is 0 Å². The van der Waals surface area contributed by atoms with E-state index in [1.54, 1.807) is 0 Å². The number of carbonyl (C=O) groups is 2. The minimum atomic E-state index is -0.381. The molecule has 3 heterocycles. The van der Waals surface area contributed by atoms with Crippen molar-refractivity contribution in [2.24, 2.45) is 4.99 Å². The number of likely N-dealkylation sites (N-methyl/N-ethyl adjacent to an activating group) is 1. The number of aliphatic imine (C=N–C) groups is 1. The van der Waals surface area contributed by atoms with Gasteiger partial charge < -0.3 is 20.0 Å². The number of allylic oxidation sites excluding steroid dienone is 1. The topological polar surface area (TPSA) is 68.2 Å². The number of hydrogen-bond donors (Lipinski definition) is 1. The number of amidine groups is 1. The third-order valence-corrected chi connectivity index (χ3v) is 8.27. The summed E-state index contributed by atoms with van der Waals surface area (Å²) in [5.41, 5.74) is 5.14.